The molecule has 1 aromatic rings. The third-order valence-corrected chi connectivity index (χ3v) is 3.26. The van der Waals surface area contributed by atoms with E-state index in [2.05, 4.69) is 36.8 Å². The van der Waals surface area contributed by atoms with Crippen LogP contribution in [0.25, 0.3) is 0 Å². The van der Waals surface area contributed by atoms with Crippen LogP contribution in [0.4, 0.5) is 0 Å². The summed E-state index contributed by atoms with van der Waals surface area (Å²) in [6.45, 7) is 6.61. The lowest BCUT2D eigenvalue weighted by Crippen LogP contribution is -2.19. The van der Waals surface area contributed by atoms with Gasteiger partial charge in [-0.2, -0.15) is 0 Å². The van der Waals surface area contributed by atoms with Gasteiger partial charge in [0.05, 0.1) is 0 Å². The first-order valence-corrected chi connectivity index (χ1v) is 6.25. The first kappa shape index (κ1) is 14.6. The lowest BCUT2D eigenvalue weighted by Gasteiger charge is -2.22. The van der Waals surface area contributed by atoms with Crippen molar-refractivity contribution in [3.8, 4) is 0 Å². The van der Waals surface area contributed by atoms with Crippen LogP contribution in [0.2, 0.25) is 0 Å². The summed E-state index contributed by atoms with van der Waals surface area (Å²) in [5, 5.41) is 7.42. The highest BCUT2D eigenvalue weighted by Crippen LogP contribution is 2.33. The molecule has 1 aliphatic rings. The van der Waals surface area contributed by atoms with Gasteiger partial charge in [-0.15, -0.1) is 0 Å². The maximum absolute atomic E-state index is 9.00. The van der Waals surface area contributed by atoms with Crippen molar-refractivity contribution in [3.05, 3.63) is 29.1 Å². The molecule has 100 valence electrons. The molecule has 0 bridgehead atoms. The van der Waals surface area contributed by atoms with Crippen LogP contribution in [0.5, 0.6) is 0 Å². The molecule has 1 saturated heterocycles. The molecule has 0 radical (unpaired) electrons. The fourth-order valence-corrected chi connectivity index (χ4v) is 2.48. The molecule has 1 fully saturated rings. The molecule has 2 heterocycles. The van der Waals surface area contributed by atoms with Gasteiger partial charge < -0.3 is 5.11 Å². The van der Waals surface area contributed by atoms with Crippen LogP contribution >= 0.6 is 0 Å². The minimum absolute atomic E-state index is 0.601. The van der Waals surface area contributed by atoms with Crippen molar-refractivity contribution in [1.29, 1.82) is 0 Å². The van der Waals surface area contributed by atoms with E-state index in [1.54, 1.807) is 0 Å². The maximum Gasteiger partial charge on any atom is 0.300 e. The van der Waals surface area contributed by atoms with Crippen LogP contribution in [0.3, 0.4) is 0 Å². The van der Waals surface area contributed by atoms with Crippen LogP contribution in [0, 0.1) is 13.8 Å². The summed E-state index contributed by atoms with van der Waals surface area (Å²) in [5.41, 5.74) is 4.03. The molecule has 1 aromatic heterocycles. The van der Waals surface area contributed by atoms with Crippen molar-refractivity contribution in [3.63, 3.8) is 0 Å². The van der Waals surface area contributed by atoms with Gasteiger partial charge in [0.25, 0.3) is 5.97 Å². The summed E-state index contributed by atoms with van der Waals surface area (Å²) in [5.74, 6) is -0.833. The minimum atomic E-state index is -0.833. The Hall–Kier alpha value is -1.42. The summed E-state index contributed by atoms with van der Waals surface area (Å²) in [7, 11) is 2.21. The predicted molar refractivity (Wildman–Crippen MR) is 71.6 cm³/mol. The fourth-order valence-electron chi connectivity index (χ4n) is 2.48. The average molecular weight is 250 g/mol. The average Bonchev–Trinajstić information content (AvgIpc) is 2.64. The quantitative estimate of drug-likeness (QED) is 0.832. The second-order valence-corrected chi connectivity index (χ2v) is 4.78. The highest BCUT2D eigenvalue weighted by Gasteiger charge is 2.25. The monoisotopic (exact) mass is 250 g/mol. The Morgan fingerprint density at radius 3 is 2.56 bits per heavy atom. The van der Waals surface area contributed by atoms with Crippen molar-refractivity contribution in [2.24, 2.45) is 0 Å². The highest BCUT2D eigenvalue weighted by molar-refractivity contribution is 5.62. The highest BCUT2D eigenvalue weighted by atomic mass is 16.4. The molecule has 1 aliphatic heterocycles. The molecule has 0 aromatic carbocycles. The Morgan fingerprint density at radius 2 is 2.11 bits per heavy atom. The van der Waals surface area contributed by atoms with Crippen LogP contribution in [0.15, 0.2) is 12.3 Å². The van der Waals surface area contributed by atoms with Gasteiger partial charge in [0, 0.05) is 24.9 Å². The first-order valence-electron chi connectivity index (χ1n) is 6.25. The standard InChI is InChI=1S/C12H18N2.C2H4O2/c1-9-6-7-13-10(2)12(9)11-5-4-8-14(11)3;1-2(3)4/h6-7,11H,4-5,8H2,1-3H3;1H3,(H,3,4)/t11-;/m0./s1. The van der Waals surface area contributed by atoms with Crippen molar-refractivity contribution in [1.82, 2.24) is 9.88 Å². The molecular formula is C14H22N2O2. The number of carboxylic acids is 1. The first-order chi connectivity index (χ1) is 8.43. The van der Waals surface area contributed by atoms with Crippen LogP contribution in [-0.2, 0) is 4.79 Å². The summed E-state index contributed by atoms with van der Waals surface area (Å²) >= 11 is 0. The summed E-state index contributed by atoms with van der Waals surface area (Å²) in [4.78, 5) is 15.8. The molecule has 0 aliphatic carbocycles. The lowest BCUT2D eigenvalue weighted by atomic mass is 9.98. The number of carboxylic acid groups (broad SMARTS) is 1. The SMILES string of the molecule is CC(=O)O.Cc1ccnc(C)c1[C@@H]1CCCN1C. The van der Waals surface area contributed by atoms with Crippen LogP contribution in [-0.4, -0.2) is 34.6 Å². The largest absolute Gasteiger partial charge is 0.481 e. The van der Waals surface area contributed by atoms with E-state index in [0.29, 0.717) is 6.04 Å². The van der Waals surface area contributed by atoms with Crippen molar-refractivity contribution in [2.45, 2.75) is 39.7 Å². The number of aliphatic carboxylic acids is 1. The number of likely N-dealkylation sites (tertiary alicyclic amines) is 1. The van der Waals surface area contributed by atoms with Crippen molar-refractivity contribution in [2.75, 3.05) is 13.6 Å². The number of hydrogen-bond donors (Lipinski definition) is 1. The molecule has 0 spiro atoms. The number of aromatic nitrogens is 1. The van der Waals surface area contributed by atoms with Gasteiger partial charge >= 0.3 is 0 Å². The predicted octanol–water partition coefficient (Wildman–Crippen LogP) is 2.56. The smallest absolute Gasteiger partial charge is 0.300 e. The Balaban J connectivity index is 0.000000357. The Bertz CT molecular complexity index is 394. The van der Waals surface area contributed by atoms with Gasteiger partial charge in [0.1, 0.15) is 0 Å². The molecular weight excluding hydrogens is 228 g/mol. The zero-order valence-electron chi connectivity index (χ0n) is 11.6. The molecule has 4 nitrogen and oxygen atoms in total. The van der Waals surface area contributed by atoms with Gasteiger partial charge in [-0.25, -0.2) is 0 Å². The van der Waals surface area contributed by atoms with E-state index in [-0.39, 0.29) is 0 Å². The van der Waals surface area contributed by atoms with Gasteiger partial charge in [-0.3, -0.25) is 14.7 Å². The Labute approximate surface area is 109 Å². The summed E-state index contributed by atoms with van der Waals surface area (Å²) in [6.07, 6.45) is 4.50. The minimum Gasteiger partial charge on any atom is -0.481 e. The van der Waals surface area contributed by atoms with Gasteiger partial charge in [0.2, 0.25) is 0 Å². The Morgan fingerprint density at radius 1 is 1.50 bits per heavy atom. The number of nitrogens with zero attached hydrogens (tertiary/aromatic N) is 2. The van der Waals surface area contributed by atoms with E-state index in [0.717, 1.165) is 6.92 Å². The van der Waals surface area contributed by atoms with Gasteiger partial charge in [-0.05, 0) is 57.5 Å². The topological polar surface area (TPSA) is 53.4 Å². The molecule has 1 N–H and O–H groups in total. The Kier molecular flexibility index (Phi) is 5.28. The number of pyridine rings is 1. The molecule has 0 unspecified atom stereocenters. The molecule has 2 rings (SSSR count). The second-order valence-electron chi connectivity index (χ2n) is 4.78. The summed E-state index contributed by atoms with van der Waals surface area (Å²) < 4.78 is 0. The lowest BCUT2D eigenvalue weighted by molar-refractivity contribution is -0.134. The zero-order chi connectivity index (χ0) is 13.7. The van der Waals surface area contributed by atoms with E-state index in [1.807, 2.05) is 6.20 Å². The number of aryl methyl sites for hydroxylation is 2. The maximum atomic E-state index is 9.00. The number of carbonyl (C=O) groups is 1. The third-order valence-electron chi connectivity index (χ3n) is 3.26. The summed E-state index contributed by atoms with van der Waals surface area (Å²) in [6, 6.07) is 2.72. The molecule has 1 atom stereocenters. The zero-order valence-corrected chi connectivity index (χ0v) is 11.6. The second kappa shape index (κ2) is 6.50. The van der Waals surface area contributed by atoms with E-state index in [1.165, 1.54) is 36.2 Å². The van der Waals surface area contributed by atoms with Crippen molar-refractivity contribution < 1.29 is 9.90 Å². The van der Waals surface area contributed by atoms with Crippen LogP contribution in [0.1, 0.15) is 42.6 Å². The molecule has 0 amide bonds. The van der Waals surface area contributed by atoms with Gasteiger partial charge in [0.15, 0.2) is 0 Å². The molecule has 4 heteroatoms. The van der Waals surface area contributed by atoms with E-state index in [9.17, 15) is 0 Å². The normalized spacial score (nSPS) is 19.2. The number of hydrogen-bond acceptors (Lipinski definition) is 3. The molecule has 0 saturated carbocycles. The van der Waals surface area contributed by atoms with E-state index >= 15 is 0 Å². The fraction of sp³-hybridized carbons (Fsp3) is 0.571. The molecule has 18 heavy (non-hydrogen) atoms. The van der Waals surface area contributed by atoms with E-state index < -0.39 is 5.97 Å². The van der Waals surface area contributed by atoms with Crippen molar-refractivity contribution >= 4 is 5.97 Å². The van der Waals surface area contributed by atoms with Crippen LogP contribution < -0.4 is 0 Å². The number of rotatable bonds is 1. The van der Waals surface area contributed by atoms with E-state index in [4.69, 9.17) is 9.90 Å². The van der Waals surface area contributed by atoms with Gasteiger partial charge in [-0.1, -0.05) is 0 Å². The third kappa shape index (κ3) is 3.81.